The van der Waals surface area contributed by atoms with E-state index in [0.717, 1.165) is 11.4 Å². The number of nitrogens with zero attached hydrogens (tertiary/aromatic N) is 1. The van der Waals surface area contributed by atoms with Gasteiger partial charge >= 0.3 is 0 Å². The standard InChI is InChI=1S/C42H29NS/c1-4-14-30(15-5-1)32-24-26-35(27-25-32)43(39-22-12-10-20-36(39)33-18-8-3-9-19-33)40-29-34(31-16-6-2-7-17-31)28-38-37-21-11-13-23-41(37)44-42(38)40/h1-29H. The van der Waals surface area contributed by atoms with E-state index in [1.165, 1.54) is 59.2 Å². The molecule has 8 rings (SSSR count). The molecule has 0 unspecified atom stereocenters. The summed E-state index contributed by atoms with van der Waals surface area (Å²) in [5.41, 5.74) is 10.7. The third-order valence-corrected chi connectivity index (χ3v) is 9.48. The molecule has 0 N–H and O–H groups in total. The average molecular weight is 580 g/mol. The summed E-state index contributed by atoms with van der Waals surface area (Å²) in [7, 11) is 0. The Balaban J connectivity index is 1.42. The van der Waals surface area contributed by atoms with Crippen molar-refractivity contribution in [2.24, 2.45) is 0 Å². The Morgan fingerprint density at radius 3 is 1.61 bits per heavy atom. The Hall–Kier alpha value is -5.44. The maximum atomic E-state index is 2.46. The molecule has 0 aliphatic carbocycles. The molecule has 0 radical (unpaired) electrons. The lowest BCUT2D eigenvalue weighted by Crippen LogP contribution is -2.11. The Labute approximate surface area is 261 Å². The number of benzene rings is 7. The summed E-state index contributed by atoms with van der Waals surface area (Å²) >= 11 is 1.87. The van der Waals surface area contributed by atoms with Gasteiger partial charge in [0.25, 0.3) is 0 Å². The van der Waals surface area contributed by atoms with Gasteiger partial charge in [0, 0.05) is 26.7 Å². The average Bonchev–Trinajstić information content (AvgIpc) is 3.49. The van der Waals surface area contributed by atoms with Crippen LogP contribution in [0.25, 0.3) is 53.6 Å². The molecule has 0 bridgehead atoms. The third kappa shape index (κ3) is 4.76. The topological polar surface area (TPSA) is 3.24 Å². The lowest BCUT2D eigenvalue weighted by Gasteiger charge is -2.29. The van der Waals surface area contributed by atoms with E-state index in [1.54, 1.807) is 0 Å². The van der Waals surface area contributed by atoms with Gasteiger partial charge in [0.05, 0.1) is 16.1 Å². The molecular formula is C42H29NS. The Bertz CT molecular complexity index is 2200. The second-order valence-electron chi connectivity index (χ2n) is 11.0. The van der Waals surface area contributed by atoms with Crippen LogP contribution >= 0.6 is 11.3 Å². The second-order valence-corrected chi connectivity index (χ2v) is 12.0. The van der Waals surface area contributed by atoms with Crippen molar-refractivity contribution in [3.63, 3.8) is 0 Å². The summed E-state index contributed by atoms with van der Waals surface area (Å²) in [5.74, 6) is 0. The zero-order valence-electron chi connectivity index (χ0n) is 24.1. The molecule has 44 heavy (non-hydrogen) atoms. The molecule has 0 saturated heterocycles. The van der Waals surface area contributed by atoms with Gasteiger partial charge in [-0.25, -0.2) is 0 Å². The zero-order valence-corrected chi connectivity index (χ0v) is 24.9. The molecule has 8 aromatic rings. The quantitative estimate of drug-likeness (QED) is 0.189. The summed E-state index contributed by atoms with van der Waals surface area (Å²) in [6.07, 6.45) is 0. The van der Waals surface area contributed by atoms with E-state index in [-0.39, 0.29) is 0 Å². The predicted octanol–water partition coefficient (Wildman–Crippen LogP) is 12.5. The summed E-state index contributed by atoms with van der Waals surface area (Å²) in [6.45, 7) is 0. The van der Waals surface area contributed by atoms with Crippen molar-refractivity contribution in [1.29, 1.82) is 0 Å². The van der Waals surface area contributed by atoms with Crippen LogP contribution in [0.2, 0.25) is 0 Å². The summed E-state index contributed by atoms with van der Waals surface area (Å²) in [6, 6.07) is 63.3. The Morgan fingerprint density at radius 2 is 0.909 bits per heavy atom. The van der Waals surface area contributed by atoms with Gasteiger partial charge in [-0.1, -0.05) is 140 Å². The molecule has 0 amide bonds. The van der Waals surface area contributed by atoms with Crippen LogP contribution in [0.5, 0.6) is 0 Å². The molecule has 208 valence electrons. The van der Waals surface area contributed by atoms with Gasteiger partial charge in [-0.15, -0.1) is 11.3 Å². The maximum Gasteiger partial charge on any atom is 0.0646 e. The molecule has 0 atom stereocenters. The molecule has 0 fully saturated rings. The fourth-order valence-corrected chi connectivity index (χ4v) is 7.33. The molecule has 7 aromatic carbocycles. The third-order valence-electron chi connectivity index (χ3n) is 8.27. The van der Waals surface area contributed by atoms with Crippen LogP contribution in [-0.2, 0) is 0 Å². The minimum Gasteiger partial charge on any atom is -0.308 e. The van der Waals surface area contributed by atoms with Crippen molar-refractivity contribution in [2.45, 2.75) is 0 Å². The van der Waals surface area contributed by atoms with Crippen LogP contribution in [0, 0.1) is 0 Å². The highest BCUT2D eigenvalue weighted by molar-refractivity contribution is 7.26. The van der Waals surface area contributed by atoms with Crippen molar-refractivity contribution < 1.29 is 0 Å². The highest BCUT2D eigenvalue weighted by atomic mass is 32.1. The number of hydrogen-bond donors (Lipinski definition) is 0. The van der Waals surface area contributed by atoms with Gasteiger partial charge in [0.1, 0.15) is 0 Å². The first kappa shape index (κ1) is 26.2. The largest absolute Gasteiger partial charge is 0.308 e. The van der Waals surface area contributed by atoms with Gasteiger partial charge in [-0.05, 0) is 64.2 Å². The van der Waals surface area contributed by atoms with E-state index < -0.39 is 0 Å². The van der Waals surface area contributed by atoms with Crippen LogP contribution in [0.15, 0.2) is 176 Å². The first-order valence-corrected chi connectivity index (χ1v) is 15.8. The van der Waals surface area contributed by atoms with Crippen molar-refractivity contribution in [3.05, 3.63) is 176 Å². The number of hydrogen-bond acceptors (Lipinski definition) is 2. The van der Waals surface area contributed by atoms with E-state index in [9.17, 15) is 0 Å². The highest BCUT2D eigenvalue weighted by Gasteiger charge is 2.22. The maximum absolute atomic E-state index is 2.46. The number of fused-ring (bicyclic) bond motifs is 3. The molecule has 1 aromatic heterocycles. The summed E-state index contributed by atoms with van der Waals surface area (Å²) in [4.78, 5) is 2.46. The van der Waals surface area contributed by atoms with Crippen LogP contribution in [0.3, 0.4) is 0 Å². The molecule has 1 nitrogen and oxygen atoms in total. The number of anilines is 3. The molecule has 0 saturated carbocycles. The highest BCUT2D eigenvalue weighted by Crippen LogP contribution is 2.49. The van der Waals surface area contributed by atoms with Gasteiger partial charge in [0.15, 0.2) is 0 Å². The fraction of sp³-hybridized carbons (Fsp3) is 0. The molecule has 1 heterocycles. The lowest BCUT2D eigenvalue weighted by molar-refractivity contribution is 1.30. The Morgan fingerprint density at radius 1 is 0.364 bits per heavy atom. The first-order chi connectivity index (χ1) is 21.8. The molecule has 2 heteroatoms. The van der Waals surface area contributed by atoms with Gasteiger partial charge < -0.3 is 4.90 Å². The van der Waals surface area contributed by atoms with Crippen molar-refractivity contribution in [1.82, 2.24) is 0 Å². The molecule has 0 aliphatic rings. The minimum atomic E-state index is 1.12. The van der Waals surface area contributed by atoms with E-state index in [2.05, 4.69) is 181 Å². The molecular weight excluding hydrogens is 551 g/mol. The van der Waals surface area contributed by atoms with E-state index in [1.807, 2.05) is 11.3 Å². The smallest absolute Gasteiger partial charge is 0.0646 e. The molecule has 0 spiro atoms. The number of thiophene rings is 1. The van der Waals surface area contributed by atoms with E-state index in [0.29, 0.717) is 0 Å². The second kappa shape index (κ2) is 11.3. The minimum absolute atomic E-state index is 1.12. The van der Waals surface area contributed by atoms with E-state index >= 15 is 0 Å². The summed E-state index contributed by atoms with van der Waals surface area (Å²) in [5, 5.41) is 2.58. The van der Waals surface area contributed by atoms with Crippen molar-refractivity contribution >= 4 is 48.6 Å². The summed E-state index contributed by atoms with van der Waals surface area (Å²) < 4.78 is 2.57. The van der Waals surface area contributed by atoms with Crippen LogP contribution in [0.4, 0.5) is 17.1 Å². The van der Waals surface area contributed by atoms with Crippen LogP contribution in [0.1, 0.15) is 0 Å². The predicted molar refractivity (Wildman–Crippen MR) is 190 cm³/mol. The lowest BCUT2D eigenvalue weighted by atomic mass is 9.98. The van der Waals surface area contributed by atoms with Gasteiger partial charge in [-0.3, -0.25) is 0 Å². The van der Waals surface area contributed by atoms with E-state index in [4.69, 9.17) is 0 Å². The van der Waals surface area contributed by atoms with Crippen molar-refractivity contribution in [3.8, 4) is 33.4 Å². The van der Waals surface area contributed by atoms with Crippen LogP contribution in [-0.4, -0.2) is 0 Å². The van der Waals surface area contributed by atoms with Gasteiger partial charge in [0.2, 0.25) is 0 Å². The monoisotopic (exact) mass is 579 g/mol. The Kier molecular flexibility index (Phi) is 6.75. The van der Waals surface area contributed by atoms with Crippen LogP contribution < -0.4 is 4.90 Å². The normalized spacial score (nSPS) is 11.2. The van der Waals surface area contributed by atoms with Gasteiger partial charge in [-0.2, -0.15) is 0 Å². The first-order valence-electron chi connectivity index (χ1n) is 14.9. The SMILES string of the molecule is c1ccc(-c2ccc(N(c3ccccc3-c3ccccc3)c3cc(-c4ccccc4)cc4c3sc3ccccc34)cc2)cc1. The van der Waals surface area contributed by atoms with Crippen molar-refractivity contribution in [2.75, 3.05) is 4.90 Å². The number of para-hydroxylation sites is 1. The number of rotatable bonds is 6. The fourth-order valence-electron chi connectivity index (χ4n) is 6.14. The molecule has 0 aliphatic heterocycles. The zero-order chi connectivity index (χ0) is 29.3.